The summed E-state index contributed by atoms with van der Waals surface area (Å²) in [6.45, 7) is 1.33. The van der Waals surface area contributed by atoms with Gasteiger partial charge in [0.25, 0.3) is 0 Å². The molecule has 0 radical (unpaired) electrons. The molecule has 0 spiro atoms. The predicted molar refractivity (Wildman–Crippen MR) is 40.5 cm³/mol. The number of aliphatic hydroxyl groups is 1. The standard InChI is InChI=1S/C7H10O7/c1-4(9)12-6(3-8)7(11)14-13-5(2)10/h6,8H,3H2,1-2H3. The molecule has 0 aromatic heterocycles. The lowest BCUT2D eigenvalue weighted by atomic mass is 10.4. The van der Waals surface area contributed by atoms with Gasteiger partial charge in [-0.15, -0.1) is 0 Å². The van der Waals surface area contributed by atoms with Crippen molar-refractivity contribution in [2.45, 2.75) is 20.0 Å². The molecule has 0 amide bonds. The molecule has 0 aliphatic heterocycles. The summed E-state index contributed by atoms with van der Waals surface area (Å²) in [5, 5.41) is 8.59. The second kappa shape index (κ2) is 5.92. The van der Waals surface area contributed by atoms with Gasteiger partial charge in [-0.1, -0.05) is 0 Å². The minimum atomic E-state index is -1.48. The Labute approximate surface area is 79.5 Å². The summed E-state index contributed by atoms with van der Waals surface area (Å²) in [6, 6.07) is 0. The first-order chi connectivity index (χ1) is 6.47. The van der Waals surface area contributed by atoms with E-state index in [0.717, 1.165) is 13.8 Å². The molecule has 0 aliphatic carbocycles. The van der Waals surface area contributed by atoms with E-state index >= 15 is 0 Å². The van der Waals surface area contributed by atoms with Crippen molar-refractivity contribution in [3.05, 3.63) is 0 Å². The normalized spacial score (nSPS) is 11.4. The van der Waals surface area contributed by atoms with Crippen LogP contribution in [0.25, 0.3) is 0 Å². The van der Waals surface area contributed by atoms with Gasteiger partial charge in [-0.3, -0.25) is 4.79 Å². The molecular formula is C7H10O7. The first-order valence-corrected chi connectivity index (χ1v) is 3.64. The van der Waals surface area contributed by atoms with Crippen molar-refractivity contribution in [2.24, 2.45) is 0 Å². The largest absolute Gasteiger partial charge is 0.448 e. The molecule has 0 rings (SSSR count). The number of hydrogen-bond donors (Lipinski definition) is 1. The monoisotopic (exact) mass is 206 g/mol. The number of hydrogen-bond acceptors (Lipinski definition) is 7. The van der Waals surface area contributed by atoms with E-state index in [4.69, 9.17) is 5.11 Å². The summed E-state index contributed by atoms with van der Waals surface area (Å²) in [5.41, 5.74) is 0. The molecule has 0 aromatic carbocycles. The summed E-state index contributed by atoms with van der Waals surface area (Å²) in [4.78, 5) is 39.3. The van der Waals surface area contributed by atoms with E-state index in [1.165, 1.54) is 0 Å². The van der Waals surface area contributed by atoms with Crippen LogP contribution in [0.15, 0.2) is 0 Å². The molecule has 1 N–H and O–H groups in total. The smallest absolute Gasteiger partial charge is 0.398 e. The Morgan fingerprint density at radius 1 is 1.14 bits per heavy atom. The molecule has 7 heteroatoms. The molecule has 1 atom stereocenters. The van der Waals surface area contributed by atoms with Crippen molar-refractivity contribution in [2.75, 3.05) is 6.61 Å². The average molecular weight is 206 g/mol. The second-order valence-corrected chi connectivity index (χ2v) is 2.26. The molecule has 0 heterocycles. The maximum Gasteiger partial charge on any atom is 0.398 e. The Kier molecular flexibility index (Phi) is 5.23. The summed E-state index contributed by atoms with van der Waals surface area (Å²) in [6.07, 6.45) is -1.48. The van der Waals surface area contributed by atoms with Crippen molar-refractivity contribution < 1.29 is 34.0 Å². The number of esters is 1. The van der Waals surface area contributed by atoms with Gasteiger partial charge in [0.1, 0.15) is 0 Å². The Morgan fingerprint density at radius 3 is 2.07 bits per heavy atom. The topological polar surface area (TPSA) is 99.1 Å². The molecule has 80 valence electrons. The third kappa shape index (κ3) is 5.09. The van der Waals surface area contributed by atoms with Crippen LogP contribution in [-0.2, 0) is 28.9 Å². The number of rotatable bonds is 3. The fourth-order valence-electron chi connectivity index (χ4n) is 0.514. The van der Waals surface area contributed by atoms with Gasteiger partial charge in [0.05, 0.1) is 6.61 Å². The summed E-state index contributed by atoms with van der Waals surface area (Å²) < 4.78 is 4.34. The van der Waals surface area contributed by atoms with E-state index in [9.17, 15) is 14.4 Å². The molecular weight excluding hydrogens is 196 g/mol. The van der Waals surface area contributed by atoms with Crippen LogP contribution in [-0.4, -0.2) is 35.7 Å². The second-order valence-electron chi connectivity index (χ2n) is 2.26. The van der Waals surface area contributed by atoms with Gasteiger partial charge in [0, 0.05) is 13.8 Å². The number of carbonyl (C=O) groups is 3. The molecule has 0 saturated carbocycles. The number of aliphatic hydroxyl groups excluding tert-OH is 1. The van der Waals surface area contributed by atoms with E-state index < -0.39 is 30.6 Å². The van der Waals surface area contributed by atoms with E-state index in [2.05, 4.69) is 14.5 Å². The maximum atomic E-state index is 10.9. The zero-order valence-corrected chi connectivity index (χ0v) is 7.68. The van der Waals surface area contributed by atoms with Crippen molar-refractivity contribution >= 4 is 17.9 Å². The fourth-order valence-corrected chi connectivity index (χ4v) is 0.514. The highest BCUT2D eigenvalue weighted by molar-refractivity contribution is 5.79. The molecule has 0 bridgehead atoms. The quantitative estimate of drug-likeness (QED) is 0.356. The Morgan fingerprint density at radius 2 is 1.71 bits per heavy atom. The number of ether oxygens (including phenoxy) is 1. The molecule has 0 aliphatic rings. The SMILES string of the molecule is CC(=O)OOC(=O)C(CO)OC(C)=O. The third-order valence-electron chi connectivity index (χ3n) is 0.978. The van der Waals surface area contributed by atoms with E-state index in [1.54, 1.807) is 0 Å². The zero-order chi connectivity index (χ0) is 11.1. The molecule has 14 heavy (non-hydrogen) atoms. The van der Waals surface area contributed by atoms with Gasteiger partial charge >= 0.3 is 17.9 Å². The van der Waals surface area contributed by atoms with Crippen LogP contribution in [0.3, 0.4) is 0 Å². The summed E-state index contributed by atoms with van der Waals surface area (Å²) in [5.74, 6) is -2.75. The predicted octanol–water partition coefficient (Wildman–Crippen LogP) is -1.07. The highest BCUT2D eigenvalue weighted by Gasteiger charge is 2.24. The van der Waals surface area contributed by atoms with Crippen LogP contribution in [0.1, 0.15) is 13.8 Å². The third-order valence-corrected chi connectivity index (χ3v) is 0.978. The molecule has 0 fully saturated rings. The Bertz CT molecular complexity index is 234. The molecule has 0 saturated heterocycles. The van der Waals surface area contributed by atoms with Crippen molar-refractivity contribution in [1.82, 2.24) is 0 Å². The van der Waals surface area contributed by atoms with Crippen LogP contribution in [0.2, 0.25) is 0 Å². The maximum absolute atomic E-state index is 10.9. The van der Waals surface area contributed by atoms with E-state index in [1.807, 2.05) is 0 Å². The van der Waals surface area contributed by atoms with Crippen molar-refractivity contribution in [1.29, 1.82) is 0 Å². The summed E-state index contributed by atoms with van der Waals surface area (Å²) in [7, 11) is 0. The van der Waals surface area contributed by atoms with Gasteiger partial charge in [0.2, 0.25) is 6.10 Å². The molecule has 7 nitrogen and oxygen atoms in total. The first-order valence-electron chi connectivity index (χ1n) is 3.64. The lowest BCUT2D eigenvalue weighted by Gasteiger charge is -2.10. The van der Waals surface area contributed by atoms with Gasteiger partial charge in [-0.05, 0) is 0 Å². The van der Waals surface area contributed by atoms with Gasteiger partial charge in [-0.2, -0.15) is 0 Å². The minimum Gasteiger partial charge on any atom is -0.448 e. The highest BCUT2D eigenvalue weighted by Crippen LogP contribution is 1.96. The average Bonchev–Trinajstić information content (AvgIpc) is 2.09. The van der Waals surface area contributed by atoms with Crippen molar-refractivity contribution in [3.63, 3.8) is 0 Å². The Balaban J connectivity index is 4.04. The van der Waals surface area contributed by atoms with Crippen LogP contribution in [0.4, 0.5) is 0 Å². The summed E-state index contributed by atoms with van der Waals surface area (Å²) >= 11 is 0. The lowest BCUT2D eigenvalue weighted by Crippen LogP contribution is -2.32. The highest BCUT2D eigenvalue weighted by atomic mass is 17.2. The van der Waals surface area contributed by atoms with Crippen LogP contribution >= 0.6 is 0 Å². The Hall–Kier alpha value is -1.63. The van der Waals surface area contributed by atoms with Crippen LogP contribution in [0, 0.1) is 0 Å². The molecule has 0 aromatic rings. The van der Waals surface area contributed by atoms with Gasteiger partial charge < -0.3 is 9.84 Å². The molecule has 1 unspecified atom stereocenters. The van der Waals surface area contributed by atoms with Gasteiger partial charge in [-0.25, -0.2) is 19.4 Å². The lowest BCUT2D eigenvalue weighted by molar-refractivity contribution is -0.264. The van der Waals surface area contributed by atoms with Crippen LogP contribution in [0.5, 0.6) is 0 Å². The van der Waals surface area contributed by atoms with Gasteiger partial charge in [0.15, 0.2) is 0 Å². The first kappa shape index (κ1) is 12.4. The van der Waals surface area contributed by atoms with E-state index in [-0.39, 0.29) is 0 Å². The number of carbonyl (C=O) groups excluding carboxylic acids is 3. The minimum absolute atomic E-state index is 0.750. The van der Waals surface area contributed by atoms with Crippen molar-refractivity contribution in [3.8, 4) is 0 Å². The zero-order valence-electron chi connectivity index (χ0n) is 7.68. The van der Waals surface area contributed by atoms with Crippen LogP contribution < -0.4 is 0 Å². The fraction of sp³-hybridized carbons (Fsp3) is 0.571. The van der Waals surface area contributed by atoms with E-state index in [0.29, 0.717) is 0 Å².